The van der Waals surface area contributed by atoms with Gasteiger partial charge in [-0.15, -0.1) is 0 Å². The van der Waals surface area contributed by atoms with E-state index in [1.165, 1.54) is 0 Å². The Morgan fingerprint density at radius 3 is 2.80 bits per heavy atom. The zero-order chi connectivity index (χ0) is 11.4. The summed E-state index contributed by atoms with van der Waals surface area (Å²) < 4.78 is 6.99. The van der Waals surface area contributed by atoms with E-state index in [-0.39, 0.29) is 6.10 Å². The largest absolute Gasteiger partial charge is 0.380 e. The molecular formula is C10H20N4O. The molecule has 1 heterocycles. The Balaban J connectivity index is 2.75. The number of nitrogens with zero attached hydrogens (tertiary/aromatic N) is 2. The molecule has 1 unspecified atom stereocenters. The third-order valence-corrected chi connectivity index (χ3v) is 2.51. The summed E-state index contributed by atoms with van der Waals surface area (Å²) in [6.45, 7) is 5.23. The van der Waals surface area contributed by atoms with E-state index in [4.69, 9.17) is 10.5 Å². The van der Waals surface area contributed by atoms with Crippen LogP contribution in [0.3, 0.4) is 0 Å². The number of nitrogens with two attached hydrogens (primary N) is 1. The van der Waals surface area contributed by atoms with Gasteiger partial charge < -0.3 is 15.8 Å². The molecule has 0 amide bonds. The third kappa shape index (κ3) is 2.70. The van der Waals surface area contributed by atoms with Crippen LogP contribution in [-0.2, 0) is 18.3 Å². The predicted molar refractivity (Wildman–Crippen MR) is 60.8 cm³/mol. The van der Waals surface area contributed by atoms with Gasteiger partial charge in [-0.2, -0.15) is 5.10 Å². The van der Waals surface area contributed by atoms with Gasteiger partial charge in [0.2, 0.25) is 0 Å². The lowest BCUT2D eigenvalue weighted by atomic mass is 10.2. The van der Waals surface area contributed by atoms with Crippen LogP contribution in [0.15, 0.2) is 0 Å². The van der Waals surface area contributed by atoms with Gasteiger partial charge in [0, 0.05) is 32.8 Å². The lowest BCUT2D eigenvalue weighted by Gasteiger charge is -2.13. The van der Waals surface area contributed by atoms with Crippen molar-refractivity contribution < 1.29 is 4.74 Å². The molecule has 0 saturated heterocycles. The van der Waals surface area contributed by atoms with E-state index in [2.05, 4.69) is 10.4 Å². The minimum absolute atomic E-state index is 0.172. The van der Waals surface area contributed by atoms with Crippen molar-refractivity contribution in [3.8, 4) is 0 Å². The molecule has 0 spiro atoms. The van der Waals surface area contributed by atoms with E-state index in [0.717, 1.165) is 23.6 Å². The summed E-state index contributed by atoms with van der Waals surface area (Å²) in [6, 6.07) is 0. The van der Waals surface area contributed by atoms with Gasteiger partial charge in [-0.3, -0.25) is 4.68 Å². The zero-order valence-corrected chi connectivity index (χ0v) is 9.87. The molecule has 5 nitrogen and oxygen atoms in total. The maximum atomic E-state index is 5.68. The van der Waals surface area contributed by atoms with Crippen LogP contribution >= 0.6 is 0 Å². The van der Waals surface area contributed by atoms with Gasteiger partial charge >= 0.3 is 0 Å². The van der Waals surface area contributed by atoms with Gasteiger partial charge in [-0.1, -0.05) is 0 Å². The Labute approximate surface area is 90.6 Å². The molecule has 0 aliphatic carbocycles. The van der Waals surface area contributed by atoms with Crippen molar-refractivity contribution >= 4 is 5.82 Å². The lowest BCUT2D eigenvalue weighted by Crippen LogP contribution is -2.20. The maximum Gasteiger partial charge on any atom is 0.128 e. The first-order valence-electron chi connectivity index (χ1n) is 5.09. The molecule has 0 radical (unpaired) electrons. The van der Waals surface area contributed by atoms with E-state index in [1.807, 2.05) is 25.6 Å². The van der Waals surface area contributed by atoms with Gasteiger partial charge in [0.1, 0.15) is 5.82 Å². The lowest BCUT2D eigenvalue weighted by molar-refractivity contribution is 0.128. The van der Waals surface area contributed by atoms with Gasteiger partial charge in [0.05, 0.1) is 11.8 Å². The van der Waals surface area contributed by atoms with Gasteiger partial charge in [0.25, 0.3) is 0 Å². The summed E-state index contributed by atoms with van der Waals surface area (Å²) in [5.41, 5.74) is 7.73. The SMILES string of the molecule is COC(C)CNc1c(CN)c(C)nn1C. The average molecular weight is 212 g/mol. The monoisotopic (exact) mass is 212 g/mol. The predicted octanol–water partition coefficient (Wildman–Crippen LogP) is 0.634. The molecule has 5 heteroatoms. The van der Waals surface area contributed by atoms with Crippen molar-refractivity contribution in [3.63, 3.8) is 0 Å². The molecular weight excluding hydrogens is 192 g/mol. The molecule has 1 aromatic rings. The van der Waals surface area contributed by atoms with Crippen molar-refractivity contribution in [2.24, 2.45) is 12.8 Å². The topological polar surface area (TPSA) is 65.1 Å². The highest BCUT2D eigenvalue weighted by Crippen LogP contribution is 2.17. The van der Waals surface area contributed by atoms with Gasteiger partial charge in [-0.25, -0.2) is 0 Å². The van der Waals surface area contributed by atoms with Crippen molar-refractivity contribution in [1.29, 1.82) is 0 Å². The Kier molecular flexibility index (Phi) is 4.11. The molecule has 1 aromatic heterocycles. The maximum absolute atomic E-state index is 5.68. The molecule has 15 heavy (non-hydrogen) atoms. The molecule has 0 saturated carbocycles. The number of anilines is 1. The molecule has 1 atom stereocenters. The van der Waals surface area contributed by atoms with Gasteiger partial charge in [0.15, 0.2) is 0 Å². The van der Waals surface area contributed by atoms with Crippen molar-refractivity contribution in [1.82, 2.24) is 9.78 Å². The Morgan fingerprint density at radius 1 is 1.60 bits per heavy atom. The van der Waals surface area contributed by atoms with Crippen LogP contribution in [0, 0.1) is 6.92 Å². The minimum Gasteiger partial charge on any atom is -0.380 e. The average Bonchev–Trinajstić information content (AvgIpc) is 2.49. The van der Waals surface area contributed by atoms with Crippen LogP contribution in [0.4, 0.5) is 5.82 Å². The zero-order valence-electron chi connectivity index (χ0n) is 9.87. The van der Waals surface area contributed by atoms with Crippen molar-refractivity contribution in [2.45, 2.75) is 26.5 Å². The van der Waals surface area contributed by atoms with Crippen LogP contribution in [0.25, 0.3) is 0 Å². The molecule has 86 valence electrons. The van der Waals surface area contributed by atoms with E-state index >= 15 is 0 Å². The highest BCUT2D eigenvalue weighted by Gasteiger charge is 2.11. The third-order valence-electron chi connectivity index (χ3n) is 2.51. The Morgan fingerprint density at radius 2 is 2.27 bits per heavy atom. The van der Waals surface area contributed by atoms with Gasteiger partial charge in [-0.05, 0) is 13.8 Å². The summed E-state index contributed by atoms with van der Waals surface area (Å²) in [4.78, 5) is 0. The Hall–Kier alpha value is -1.07. The summed E-state index contributed by atoms with van der Waals surface area (Å²) in [7, 11) is 3.61. The van der Waals surface area contributed by atoms with Crippen LogP contribution in [0.5, 0.6) is 0 Å². The summed E-state index contributed by atoms with van der Waals surface area (Å²) >= 11 is 0. The molecule has 0 fully saturated rings. The second-order valence-corrected chi connectivity index (χ2v) is 3.67. The van der Waals surface area contributed by atoms with Crippen LogP contribution in [0.2, 0.25) is 0 Å². The Bertz CT molecular complexity index is 321. The number of methoxy groups -OCH3 is 1. The normalized spacial score (nSPS) is 12.9. The van der Waals surface area contributed by atoms with Crippen LogP contribution in [-0.4, -0.2) is 29.5 Å². The summed E-state index contributed by atoms with van der Waals surface area (Å²) in [5.74, 6) is 0.985. The fourth-order valence-corrected chi connectivity index (χ4v) is 1.49. The smallest absolute Gasteiger partial charge is 0.128 e. The van der Waals surface area contributed by atoms with Crippen LogP contribution in [0.1, 0.15) is 18.2 Å². The molecule has 0 bridgehead atoms. The molecule has 1 rings (SSSR count). The second kappa shape index (κ2) is 5.14. The highest BCUT2D eigenvalue weighted by atomic mass is 16.5. The first-order chi connectivity index (χ1) is 7.10. The first-order valence-corrected chi connectivity index (χ1v) is 5.09. The first kappa shape index (κ1) is 12.0. The van der Waals surface area contributed by atoms with E-state index < -0.39 is 0 Å². The van der Waals surface area contributed by atoms with Crippen molar-refractivity contribution in [2.75, 3.05) is 19.0 Å². The number of ether oxygens (including phenoxy) is 1. The number of hydrogen-bond acceptors (Lipinski definition) is 4. The number of rotatable bonds is 5. The number of aryl methyl sites for hydroxylation is 2. The fraction of sp³-hybridized carbons (Fsp3) is 0.700. The standard InChI is InChI=1S/C10H20N4O/c1-7(15-4)6-12-10-9(5-11)8(2)13-14(10)3/h7,12H,5-6,11H2,1-4H3. The van der Waals surface area contributed by atoms with Crippen LogP contribution < -0.4 is 11.1 Å². The van der Waals surface area contributed by atoms with E-state index in [0.29, 0.717) is 6.54 Å². The second-order valence-electron chi connectivity index (χ2n) is 3.67. The molecule has 0 aliphatic heterocycles. The molecule has 3 N–H and O–H groups in total. The van der Waals surface area contributed by atoms with E-state index in [9.17, 15) is 0 Å². The van der Waals surface area contributed by atoms with Crippen molar-refractivity contribution in [3.05, 3.63) is 11.3 Å². The molecule has 0 aromatic carbocycles. The molecule has 0 aliphatic rings. The summed E-state index contributed by atoms with van der Waals surface area (Å²) in [6.07, 6.45) is 0.172. The number of hydrogen-bond donors (Lipinski definition) is 2. The fourth-order valence-electron chi connectivity index (χ4n) is 1.49. The quantitative estimate of drug-likeness (QED) is 0.751. The minimum atomic E-state index is 0.172. The number of aromatic nitrogens is 2. The highest BCUT2D eigenvalue weighted by molar-refractivity contribution is 5.47. The number of nitrogens with one attached hydrogen (secondary N) is 1. The van der Waals surface area contributed by atoms with E-state index in [1.54, 1.807) is 7.11 Å². The summed E-state index contributed by atoms with van der Waals surface area (Å²) in [5, 5.41) is 7.62.